The maximum atomic E-state index is 11.2. The van der Waals surface area contributed by atoms with Gasteiger partial charge in [0.2, 0.25) is 10.0 Å². The van der Waals surface area contributed by atoms with Crippen molar-refractivity contribution in [2.24, 2.45) is 5.14 Å². The van der Waals surface area contributed by atoms with Gasteiger partial charge < -0.3 is 4.90 Å². The van der Waals surface area contributed by atoms with Crippen LogP contribution in [0.5, 0.6) is 0 Å². The molecule has 0 saturated heterocycles. The smallest absolute Gasteiger partial charge is 0.238 e. The van der Waals surface area contributed by atoms with Crippen molar-refractivity contribution in [3.05, 3.63) is 53.3 Å². The molecule has 1 atom stereocenters. The first-order valence-electron chi connectivity index (χ1n) is 7.02. The third kappa shape index (κ3) is 3.95. The second kappa shape index (κ2) is 6.03. The van der Waals surface area contributed by atoms with Crippen LogP contribution in [0.25, 0.3) is 0 Å². The van der Waals surface area contributed by atoms with Crippen molar-refractivity contribution < 1.29 is 8.42 Å². The van der Waals surface area contributed by atoms with Crippen LogP contribution in [-0.4, -0.2) is 25.9 Å². The van der Waals surface area contributed by atoms with Crippen molar-refractivity contribution in [1.82, 2.24) is 4.90 Å². The zero-order valence-corrected chi connectivity index (χ0v) is 13.5. The number of allylic oxidation sites excluding steroid dienone is 3. The SMILES string of the molecule is CC1=CC(C)N(CCc2ccc(S(N)(=O)=O)cc2)C(C)=C1. The molecule has 0 fully saturated rings. The Labute approximate surface area is 127 Å². The Morgan fingerprint density at radius 1 is 1.19 bits per heavy atom. The largest absolute Gasteiger partial charge is 0.369 e. The molecule has 0 saturated carbocycles. The first-order valence-corrected chi connectivity index (χ1v) is 8.57. The molecule has 0 aromatic heterocycles. The summed E-state index contributed by atoms with van der Waals surface area (Å²) in [5.41, 5.74) is 3.67. The van der Waals surface area contributed by atoms with Crippen molar-refractivity contribution in [1.29, 1.82) is 0 Å². The lowest BCUT2D eigenvalue weighted by atomic mass is 10.0. The Morgan fingerprint density at radius 3 is 2.33 bits per heavy atom. The Bertz CT molecular complexity index is 673. The van der Waals surface area contributed by atoms with E-state index in [1.807, 2.05) is 12.1 Å². The van der Waals surface area contributed by atoms with Gasteiger partial charge in [-0.3, -0.25) is 0 Å². The first-order chi connectivity index (χ1) is 9.77. The number of rotatable bonds is 4. The average Bonchev–Trinajstić information content (AvgIpc) is 2.37. The molecule has 0 bridgehead atoms. The van der Waals surface area contributed by atoms with Crippen molar-refractivity contribution in [3.63, 3.8) is 0 Å². The van der Waals surface area contributed by atoms with Gasteiger partial charge in [-0.05, 0) is 51.0 Å². The summed E-state index contributed by atoms with van der Waals surface area (Å²) in [5, 5.41) is 5.10. The summed E-state index contributed by atoms with van der Waals surface area (Å²) in [4.78, 5) is 2.51. The predicted octanol–water partition coefficient (Wildman–Crippen LogP) is 2.43. The van der Waals surface area contributed by atoms with Crippen LogP contribution < -0.4 is 5.14 Å². The van der Waals surface area contributed by atoms with Crippen LogP contribution in [-0.2, 0) is 16.4 Å². The first kappa shape index (κ1) is 15.8. The van der Waals surface area contributed by atoms with Gasteiger partial charge in [-0.15, -0.1) is 0 Å². The van der Waals surface area contributed by atoms with E-state index in [-0.39, 0.29) is 4.90 Å². The fourth-order valence-electron chi connectivity index (χ4n) is 2.73. The van der Waals surface area contributed by atoms with Crippen molar-refractivity contribution in [3.8, 4) is 0 Å². The highest BCUT2D eigenvalue weighted by Gasteiger charge is 2.16. The zero-order chi connectivity index (χ0) is 15.6. The minimum atomic E-state index is -3.61. The number of primary sulfonamides is 1. The van der Waals surface area contributed by atoms with Gasteiger partial charge >= 0.3 is 0 Å². The maximum absolute atomic E-state index is 11.2. The van der Waals surface area contributed by atoms with E-state index in [1.165, 1.54) is 11.3 Å². The van der Waals surface area contributed by atoms with Crippen LogP contribution in [0, 0.1) is 0 Å². The van der Waals surface area contributed by atoms with E-state index < -0.39 is 10.0 Å². The highest BCUT2D eigenvalue weighted by Crippen LogP contribution is 2.20. The molecular weight excluding hydrogens is 284 g/mol. The summed E-state index contributed by atoms with van der Waals surface area (Å²) < 4.78 is 22.4. The van der Waals surface area contributed by atoms with Gasteiger partial charge in [-0.25, -0.2) is 13.6 Å². The fraction of sp³-hybridized carbons (Fsp3) is 0.375. The Balaban J connectivity index is 2.02. The molecule has 1 aromatic rings. The van der Waals surface area contributed by atoms with E-state index in [9.17, 15) is 8.42 Å². The lowest BCUT2D eigenvalue weighted by molar-refractivity contribution is 0.305. The molecule has 1 aliphatic heterocycles. The maximum Gasteiger partial charge on any atom is 0.238 e. The highest BCUT2D eigenvalue weighted by atomic mass is 32.2. The molecule has 1 unspecified atom stereocenters. The number of nitrogens with zero attached hydrogens (tertiary/aromatic N) is 1. The molecule has 1 aromatic carbocycles. The van der Waals surface area contributed by atoms with Crippen LogP contribution in [0.15, 0.2) is 52.6 Å². The summed E-state index contributed by atoms with van der Waals surface area (Å²) in [5.74, 6) is 0. The molecule has 0 amide bonds. The van der Waals surface area contributed by atoms with Gasteiger partial charge in [-0.2, -0.15) is 0 Å². The van der Waals surface area contributed by atoms with Gasteiger partial charge in [0.1, 0.15) is 0 Å². The Morgan fingerprint density at radius 2 is 1.81 bits per heavy atom. The van der Waals surface area contributed by atoms with Crippen LogP contribution in [0.1, 0.15) is 26.3 Å². The van der Waals surface area contributed by atoms with E-state index in [1.54, 1.807) is 12.1 Å². The fourth-order valence-corrected chi connectivity index (χ4v) is 3.24. The average molecular weight is 306 g/mol. The number of hydrogen-bond donors (Lipinski definition) is 1. The molecule has 1 aliphatic rings. The second-order valence-corrected chi connectivity index (χ2v) is 7.13. The summed E-state index contributed by atoms with van der Waals surface area (Å²) in [6.07, 6.45) is 5.30. The molecule has 2 rings (SSSR count). The molecule has 114 valence electrons. The van der Waals surface area contributed by atoms with Crippen LogP contribution in [0.3, 0.4) is 0 Å². The lowest BCUT2D eigenvalue weighted by Crippen LogP contribution is -2.34. The minimum absolute atomic E-state index is 0.159. The van der Waals surface area contributed by atoms with Crippen LogP contribution >= 0.6 is 0 Å². The predicted molar refractivity (Wildman–Crippen MR) is 85.2 cm³/mol. The minimum Gasteiger partial charge on any atom is -0.369 e. The van der Waals surface area contributed by atoms with Gasteiger partial charge in [0, 0.05) is 18.3 Å². The third-order valence-electron chi connectivity index (χ3n) is 3.78. The van der Waals surface area contributed by atoms with Gasteiger partial charge in [0.05, 0.1) is 4.90 Å². The van der Waals surface area contributed by atoms with Crippen molar-refractivity contribution >= 4 is 10.0 Å². The molecule has 4 nitrogen and oxygen atoms in total. The quantitative estimate of drug-likeness (QED) is 0.929. The molecular formula is C16H22N2O2S. The Kier molecular flexibility index (Phi) is 4.54. The summed E-state index contributed by atoms with van der Waals surface area (Å²) in [6.45, 7) is 7.33. The monoisotopic (exact) mass is 306 g/mol. The van der Waals surface area contributed by atoms with Crippen molar-refractivity contribution in [2.45, 2.75) is 38.1 Å². The summed E-state index contributed by atoms with van der Waals surface area (Å²) >= 11 is 0. The van der Waals surface area contributed by atoms with Gasteiger partial charge in [-0.1, -0.05) is 23.8 Å². The molecule has 21 heavy (non-hydrogen) atoms. The van der Waals surface area contributed by atoms with E-state index in [0.29, 0.717) is 6.04 Å². The van der Waals surface area contributed by atoms with Gasteiger partial charge in [0.15, 0.2) is 0 Å². The highest BCUT2D eigenvalue weighted by molar-refractivity contribution is 7.89. The Hall–Kier alpha value is -1.59. The number of nitrogens with two attached hydrogens (primary N) is 1. The molecule has 0 spiro atoms. The number of hydrogen-bond acceptors (Lipinski definition) is 3. The molecule has 2 N–H and O–H groups in total. The standard InChI is InChI=1S/C16H22N2O2S/c1-12-10-13(2)18(14(3)11-12)9-8-15-4-6-16(7-5-15)21(17,19)20/h4-7,10-11,13H,8-9H2,1-3H3,(H2,17,19,20). The lowest BCUT2D eigenvalue weighted by Gasteiger charge is -2.33. The van der Waals surface area contributed by atoms with Crippen molar-refractivity contribution in [2.75, 3.05) is 6.54 Å². The van der Waals surface area contributed by atoms with E-state index in [2.05, 4.69) is 37.8 Å². The molecule has 5 heteroatoms. The normalized spacial score (nSPS) is 19.2. The zero-order valence-electron chi connectivity index (χ0n) is 12.7. The molecule has 0 aliphatic carbocycles. The molecule has 0 radical (unpaired) electrons. The third-order valence-corrected chi connectivity index (χ3v) is 4.71. The van der Waals surface area contributed by atoms with Crippen LogP contribution in [0.2, 0.25) is 0 Å². The van der Waals surface area contributed by atoms with E-state index in [0.717, 1.165) is 18.5 Å². The van der Waals surface area contributed by atoms with E-state index in [4.69, 9.17) is 5.14 Å². The molecule has 1 heterocycles. The number of sulfonamides is 1. The second-order valence-electron chi connectivity index (χ2n) is 5.57. The topological polar surface area (TPSA) is 63.4 Å². The number of benzene rings is 1. The van der Waals surface area contributed by atoms with E-state index >= 15 is 0 Å². The summed E-state index contributed by atoms with van der Waals surface area (Å²) in [6, 6.07) is 7.18. The van der Waals surface area contributed by atoms with Gasteiger partial charge in [0.25, 0.3) is 0 Å². The summed E-state index contributed by atoms with van der Waals surface area (Å²) in [7, 11) is -3.61. The van der Waals surface area contributed by atoms with Crippen LogP contribution in [0.4, 0.5) is 0 Å².